The molecular formula is C26H22F6. The number of benzene rings is 3. The van der Waals surface area contributed by atoms with Gasteiger partial charge in [0.1, 0.15) is 0 Å². The van der Waals surface area contributed by atoms with Crippen molar-refractivity contribution in [3.8, 4) is 22.3 Å². The molecule has 4 rings (SSSR count). The normalized spacial score (nSPS) is 18.7. The third-order valence-electron chi connectivity index (χ3n) is 6.57. The Kier molecular flexibility index (Phi) is 6.31. The lowest BCUT2D eigenvalue weighted by Gasteiger charge is -2.30. The van der Waals surface area contributed by atoms with Crippen molar-refractivity contribution in [2.45, 2.75) is 44.9 Å². The molecule has 0 N–H and O–H groups in total. The molecule has 168 valence electrons. The van der Waals surface area contributed by atoms with Crippen LogP contribution in [0.1, 0.15) is 50.5 Å². The van der Waals surface area contributed by atoms with Gasteiger partial charge >= 0.3 is 0 Å². The van der Waals surface area contributed by atoms with Crippen molar-refractivity contribution < 1.29 is 26.3 Å². The van der Waals surface area contributed by atoms with Gasteiger partial charge in [-0.25, -0.2) is 26.3 Å². The SMILES string of the molecule is CCC1CCC(c2c(F)c(F)c(F)c(F)c2-c2ccc(-c3ccccc3)c(F)c2F)CC1. The van der Waals surface area contributed by atoms with Gasteiger partial charge < -0.3 is 0 Å². The molecule has 3 aromatic rings. The minimum atomic E-state index is -2.03. The second kappa shape index (κ2) is 9.00. The minimum Gasteiger partial charge on any atom is -0.203 e. The van der Waals surface area contributed by atoms with Crippen molar-refractivity contribution in [1.29, 1.82) is 0 Å². The highest BCUT2D eigenvalue weighted by atomic mass is 19.2. The first-order chi connectivity index (χ1) is 15.3. The molecule has 6 heteroatoms. The quantitative estimate of drug-likeness (QED) is 0.213. The lowest BCUT2D eigenvalue weighted by molar-refractivity contribution is 0.309. The molecule has 0 heterocycles. The summed E-state index contributed by atoms with van der Waals surface area (Å²) in [7, 11) is 0. The number of hydrogen-bond donors (Lipinski definition) is 0. The largest absolute Gasteiger partial charge is 0.203 e. The smallest absolute Gasteiger partial charge is 0.198 e. The maximum atomic E-state index is 15.2. The van der Waals surface area contributed by atoms with Crippen LogP contribution in [-0.4, -0.2) is 0 Å². The summed E-state index contributed by atoms with van der Waals surface area (Å²) in [6, 6.07) is 10.5. The van der Waals surface area contributed by atoms with Crippen molar-refractivity contribution >= 4 is 0 Å². The predicted molar refractivity (Wildman–Crippen MR) is 112 cm³/mol. The molecule has 0 spiro atoms. The Balaban J connectivity index is 1.89. The van der Waals surface area contributed by atoms with Crippen LogP contribution in [-0.2, 0) is 0 Å². The predicted octanol–water partition coefficient (Wildman–Crippen LogP) is 8.54. The second-order valence-electron chi connectivity index (χ2n) is 8.33. The third kappa shape index (κ3) is 3.80. The zero-order valence-electron chi connectivity index (χ0n) is 17.5. The van der Waals surface area contributed by atoms with E-state index in [1.54, 1.807) is 30.3 Å². The van der Waals surface area contributed by atoms with E-state index in [0.29, 0.717) is 37.2 Å². The molecule has 0 radical (unpaired) electrons. The number of hydrogen-bond acceptors (Lipinski definition) is 0. The van der Waals surface area contributed by atoms with Gasteiger partial charge in [0.2, 0.25) is 0 Å². The molecule has 0 bridgehead atoms. The van der Waals surface area contributed by atoms with E-state index < -0.39 is 57.5 Å². The fourth-order valence-electron chi connectivity index (χ4n) is 4.74. The second-order valence-corrected chi connectivity index (χ2v) is 8.33. The van der Waals surface area contributed by atoms with Crippen molar-refractivity contribution in [3.05, 3.63) is 82.9 Å². The molecule has 0 nitrogen and oxygen atoms in total. The van der Waals surface area contributed by atoms with Crippen LogP contribution in [0, 0.1) is 40.8 Å². The average Bonchev–Trinajstić information content (AvgIpc) is 2.82. The maximum Gasteiger partial charge on any atom is 0.198 e. The average molecular weight is 448 g/mol. The summed E-state index contributed by atoms with van der Waals surface area (Å²) in [5.74, 6) is -10.1. The molecule has 3 aromatic carbocycles. The van der Waals surface area contributed by atoms with Crippen molar-refractivity contribution in [3.63, 3.8) is 0 Å². The van der Waals surface area contributed by atoms with E-state index in [1.807, 2.05) is 6.92 Å². The van der Waals surface area contributed by atoms with Crippen LogP contribution in [0.5, 0.6) is 0 Å². The van der Waals surface area contributed by atoms with Crippen molar-refractivity contribution in [1.82, 2.24) is 0 Å². The highest BCUT2D eigenvalue weighted by Crippen LogP contribution is 2.45. The highest BCUT2D eigenvalue weighted by Gasteiger charge is 2.34. The summed E-state index contributed by atoms with van der Waals surface area (Å²) < 4.78 is 88.3. The van der Waals surface area contributed by atoms with Gasteiger partial charge in [-0.1, -0.05) is 55.8 Å². The minimum absolute atomic E-state index is 0.0692. The van der Waals surface area contributed by atoms with E-state index in [9.17, 15) is 22.0 Å². The Morgan fingerprint density at radius 1 is 0.625 bits per heavy atom. The van der Waals surface area contributed by atoms with Crippen LogP contribution in [0.4, 0.5) is 26.3 Å². The summed E-state index contributed by atoms with van der Waals surface area (Å²) in [6.07, 6.45) is 3.21. The number of rotatable bonds is 4. The highest BCUT2D eigenvalue weighted by molar-refractivity contribution is 5.74. The fraction of sp³-hybridized carbons (Fsp3) is 0.308. The lowest BCUT2D eigenvalue weighted by atomic mass is 9.75. The molecular weight excluding hydrogens is 426 g/mol. The van der Waals surface area contributed by atoms with E-state index in [4.69, 9.17) is 0 Å². The molecule has 1 aliphatic carbocycles. The molecule has 0 aromatic heterocycles. The Morgan fingerprint density at radius 2 is 1.19 bits per heavy atom. The van der Waals surface area contributed by atoms with Crippen LogP contribution in [0.15, 0.2) is 42.5 Å². The Hall–Kier alpha value is -2.76. The van der Waals surface area contributed by atoms with Gasteiger partial charge in [0.05, 0.1) is 0 Å². The third-order valence-corrected chi connectivity index (χ3v) is 6.57. The molecule has 1 aliphatic rings. The van der Waals surface area contributed by atoms with Crippen LogP contribution in [0.2, 0.25) is 0 Å². The first-order valence-electron chi connectivity index (χ1n) is 10.7. The van der Waals surface area contributed by atoms with E-state index in [0.717, 1.165) is 12.5 Å². The molecule has 1 fully saturated rings. The van der Waals surface area contributed by atoms with Crippen LogP contribution < -0.4 is 0 Å². The van der Waals surface area contributed by atoms with Crippen molar-refractivity contribution in [2.75, 3.05) is 0 Å². The topological polar surface area (TPSA) is 0 Å². The molecule has 0 amide bonds. The summed E-state index contributed by atoms with van der Waals surface area (Å²) in [5, 5.41) is 0. The molecule has 32 heavy (non-hydrogen) atoms. The molecule has 1 saturated carbocycles. The van der Waals surface area contributed by atoms with Gasteiger partial charge in [-0.05, 0) is 43.1 Å². The van der Waals surface area contributed by atoms with Crippen LogP contribution >= 0.6 is 0 Å². The van der Waals surface area contributed by atoms with Gasteiger partial charge in [-0.15, -0.1) is 0 Å². The first kappa shape index (κ1) is 22.4. The summed E-state index contributed by atoms with van der Waals surface area (Å²) in [6.45, 7) is 2.03. The van der Waals surface area contributed by atoms with Crippen molar-refractivity contribution in [2.24, 2.45) is 5.92 Å². The molecule has 0 unspecified atom stereocenters. The maximum absolute atomic E-state index is 15.2. The Morgan fingerprint density at radius 3 is 1.81 bits per heavy atom. The van der Waals surface area contributed by atoms with Crippen LogP contribution in [0.3, 0.4) is 0 Å². The molecule has 0 aliphatic heterocycles. The molecule has 0 saturated heterocycles. The van der Waals surface area contributed by atoms with Gasteiger partial charge in [0.15, 0.2) is 34.9 Å². The van der Waals surface area contributed by atoms with E-state index in [1.165, 1.54) is 6.07 Å². The monoisotopic (exact) mass is 448 g/mol. The zero-order chi connectivity index (χ0) is 23.0. The summed E-state index contributed by atoms with van der Waals surface area (Å²) in [5.41, 5.74) is -1.45. The van der Waals surface area contributed by atoms with E-state index in [2.05, 4.69) is 0 Å². The van der Waals surface area contributed by atoms with Gasteiger partial charge in [-0.3, -0.25) is 0 Å². The summed E-state index contributed by atoms with van der Waals surface area (Å²) >= 11 is 0. The fourth-order valence-corrected chi connectivity index (χ4v) is 4.74. The number of halogens is 6. The van der Waals surface area contributed by atoms with E-state index in [-0.39, 0.29) is 5.56 Å². The first-order valence-corrected chi connectivity index (χ1v) is 10.7. The standard InChI is InChI=1S/C26H22F6/c1-2-14-8-10-16(11-9-14)19-20(24(30)26(32)25(31)23(19)29)18-13-12-17(21(27)22(18)28)15-6-4-3-5-7-15/h3-7,12-14,16H,2,8-11H2,1H3. The van der Waals surface area contributed by atoms with Gasteiger partial charge in [0, 0.05) is 22.3 Å². The summed E-state index contributed by atoms with van der Waals surface area (Å²) in [4.78, 5) is 0. The zero-order valence-corrected chi connectivity index (χ0v) is 17.5. The Labute approximate surface area is 182 Å². The Bertz CT molecular complexity index is 1130. The lowest BCUT2D eigenvalue weighted by Crippen LogP contribution is -2.17. The van der Waals surface area contributed by atoms with Gasteiger partial charge in [-0.2, -0.15) is 0 Å². The van der Waals surface area contributed by atoms with Gasteiger partial charge in [0.25, 0.3) is 0 Å². The van der Waals surface area contributed by atoms with E-state index >= 15 is 4.39 Å². The molecule has 0 atom stereocenters. The van der Waals surface area contributed by atoms with Crippen LogP contribution in [0.25, 0.3) is 22.3 Å².